The van der Waals surface area contributed by atoms with E-state index in [1.165, 1.54) is 51.4 Å². The van der Waals surface area contributed by atoms with E-state index in [0.717, 1.165) is 17.8 Å². The third-order valence-electron chi connectivity index (χ3n) is 9.11. The van der Waals surface area contributed by atoms with Gasteiger partial charge in [0.15, 0.2) is 0 Å². The molecule has 4 bridgehead atoms. The van der Waals surface area contributed by atoms with Crippen LogP contribution in [0.2, 0.25) is 0 Å². The molecular formula is C20H32O. The maximum absolute atomic E-state index is 6.69. The van der Waals surface area contributed by atoms with Crippen LogP contribution in [0.4, 0.5) is 0 Å². The molecule has 2 saturated heterocycles. The van der Waals surface area contributed by atoms with Gasteiger partial charge in [-0.05, 0) is 85.9 Å². The largest absolute Gasteiger partial charge is 0.371 e. The van der Waals surface area contributed by atoms with E-state index in [9.17, 15) is 0 Å². The third-order valence-corrected chi connectivity index (χ3v) is 9.11. The molecule has 4 aliphatic carbocycles. The van der Waals surface area contributed by atoms with Gasteiger partial charge in [0.1, 0.15) is 0 Å². The number of hydrogen-bond acceptors (Lipinski definition) is 1. The Kier molecular flexibility index (Phi) is 2.27. The first-order valence-electron chi connectivity index (χ1n) is 9.47. The van der Waals surface area contributed by atoms with Crippen LogP contribution in [0.1, 0.15) is 79.1 Å². The van der Waals surface area contributed by atoms with Gasteiger partial charge < -0.3 is 4.74 Å². The Balaban J connectivity index is 1.61. The smallest absolute Gasteiger partial charge is 0.0693 e. The Morgan fingerprint density at radius 1 is 1.00 bits per heavy atom. The van der Waals surface area contributed by atoms with Crippen LogP contribution < -0.4 is 0 Å². The number of rotatable bonds is 0. The zero-order valence-electron chi connectivity index (χ0n) is 14.4. The maximum Gasteiger partial charge on any atom is 0.0693 e. The number of ether oxygens (including phenoxy) is 1. The molecular weight excluding hydrogens is 256 g/mol. The first kappa shape index (κ1) is 13.4. The average Bonchev–Trinajstić information content (AvgIpc) is 2.69. The van der Waals surface area contributed by atoms with Crippen LogP contribution >= 0.6 is 0 Å². The molecule has 2 aliphatic heterocycles. The predicted octanol–water partition coefficient (Wildman–Crippen LogP) is 5.19. The summed E-state index contributed by atoms with van der Waals surface area (Å²) in [7, 11) is 0. The normalized spacial score (nSPS) is 63.4. The monoisotopic (exact) mass is 288 g/mol. The molecule has 118 valence electrons. The highest BCUT2D eigenvalue weighted by Crippen LogP contribution is 2.76. The van der Waals surface area contributed by atoms with Crippen LogP contribution in [0.5, 0.6) is 0 Å². The highest BCUT2D eigenvalue weighted by atomic mass is 16.5. The quantitative estimate of drug-likeness (QED) is 0.596. The van der Waals surface area contributed by atoms with Gasteiger partial charge in [-0.1, -0.05) is 27.2 Å². The van der Waals surface area contributed by atoms with Gasteiger partial charge in [-0.3, -0.25) is 0 Å². The Labute approximate surface area is 130 Å². The number of hydrogen-bond donors (Lipinski definition) is 0. The Hall–Kier alpha value is -0.0400. The zero-order valence-corrected chi connectivity index (χ0v) is 14.4. The van der Waals surface area contributed by atoms with Crippen molar-refractivity contribution in [1.82, 2.24) is 0 Å². The molecule has 0 aromatic carbocycles. The van der Waals surface area contributed by atoms with E-state index in [0.29, 0.717) is 22.3 Å². The fraction of sp³-hybridized carbons (Fsp3) is 1.00. The molecule has 6 unspecified atom stereocenters. The lowest BCUT2D eigenvalue weighted by molar-refractivity contribution is -0.225. The van der Waals surface area contributed by atoms with Crippen LogP contribution in [0.15, 0.2) is 0 Å². The van der Waals surface area contributed by atoms with Crippen molar-refractivity contribution < 1.29 is 4.74 Å². The summed E-state index contributed by atoms with van der Waals surface area (Å²) in [6.07, 6.45) is 12.2. The van der Waals surface area contributed by atoms with E-state index in [4.69, 9.17) is 4.74 Å². The minimum Gasteiger partial charge on any atom is -0.371 e. The molecule has 4 saturated carbocycles. The molecule has 1 heteroatoms. The Morgan fingerprint density at radius 2 is 1.81 bits per heavy atom. The van der Waals surface area contributed by atoms with E-state index < -0.39 is 0 Å². The summed E-state index contributed by atoms with van der Waals surface area (Å²) in [5.41, 5.74) is 2.03. The molecule has 1 nitrogen and oxygen atoms in total. The first-order chi connectivity index (χ1) is 9.79. The summed E-state index contributed by atoms with van der Waals surface area (Å²) < 4.78 is 6.69. The predicted molar refractivity (Wildman–Crippen MR) is 85.0 cm³/mol. The van der Waals surface area contributed by atoms with Gasteiger partial charge in [-0.2, -0.15) is 0 Å². The van der Waals surface area contributed by atoms with Gasteiger partial charge in [0, 0.05) is 0 Å². The van der Waals surface area contributed by atoms with Crippen molar-refractivity contribution >= 4 is 0 Å². The molecule has 0 aromatic heterocycles. The van der Waals surface area contributed by atoms with Crippen molar-refractivity contribution in [3.63, 3.8) is 0 Å². The lowest BCUT2D eigenvalue weighted by Crippen LogP contribution is -2.61. The summed E-state index contributed by atoms with van der Waals surface area (Å²) in [6.45, 7) is 10.2. The van der Waals surface area contributed by atoms with Gasteiger partial charge in [0.25, 0.3) is 0 Å². The molecule has 6 aliphatic rings. The minimum atomic E-state index is 0.258. The summed E-state index contributed by atoms with van der Waals surface area (Å²) in [5, 5.41) is 0. The van der Waals surface area contributed by atoms with Crippen LogP contribution in [0, 0.1) is 34.0 Å². The van der Waals surface area contributed by atoms with E-state index >= 15 is 0 Å². The fourth-order valence-electron chi connectivity index (χ4n) is 8.76. The molecule has 21 heavy (non-hydrogen) atoms. The second-order valence-electron chi connectivity index (χ2n) is 10.6. The van der Waals surface area contributed by atoms with Crippen LogP contribution in [0.3, 0.4) is 0 Å². The molecule has 6 rings (SSSR count). The molecule has 0 N–H and O–H groups in total. The SMILES string of the molecule is CC1(C)CCC[C@]2(C)C1CCC13CC4CC(OC4(C)C1)C32. The van der Waals surface area contributed by atoms with E-state index in [2.05, 4.69) is 27.7 Å². The van der Waals surface area contributed by atoms with Crippen molar-refractivity contribution in [3.05, 3.63) is 0 Å². The maximum atomic E-state index is 6.69. The fourth-order valence-corrected chi connectivity index (χ4v) is 8.76. The topological polar surface area (TPSA) is 9.23 Å². The van der Waals surface area contributed by atoms with E-state index in [-0.39, 0.29) is 5.60 Å². The lowest BCUT2D eigenvalue weighted by Gasteiger charge is -2.66. The average molecular weight is 288 g/mol. The Morgan fingerprint density at radius 3 is 2.57 bits per heavy atom. The lowest BCUT2D eigenvalue weighted by atomic mass is 9.40. The van der Waals surface area contributed by atoms with Gasteiger partial charge in [-0.15, -0.1) is 0 Å². The standard InChI is InChI=1S/C20H32O/c1-17(2)7-5-8-18(3)15(17)6-9-20-11-13-10-14(16(18)20)21-19(13,4)12-20/h13-16H,5-12H2,1-4H3/t13?,14?,15?,16?,18-,19?,20?/m1/s1. The molecule has 0 amide bonds. The Bertz CT molecular complexity index is 496. The van der Waals surface area contributed by atoms with Gasteiger partial charge >= 0.3 is 0 Å². The van der Waals surface area contributed by atoms with Crippen molar-refractivity contribution in [1.29, 1.82) is 0 Å². The number of fused-ring (bicyclic) bond motifs is 1. The summed E-state index contributed by atoms with van der Waals surface area (Å²) >= 11 is 0. The van der Waals surface area contributed by atoms with E-state index in [1.54, 1.807) is 0 Å². The van der Waals surface area contributed by atoms with Crippen molar-refractivity contribution in [2.45, 2.75) is 90.8 Å². The molecule has 2 heterocycles. The van der Waals surface area contributed by atoms with Gasteiger partial charge in [0.05, 0.1) is 11.7 Å². The third kappa shape index (κ3) is 1.39. The molecule has 1 spiro atoms. The van der Waals surface area contributed by atoms with Gasteiger partial charge in [-0.25, -0.2) is 0 Å². The molecule has 6 fully saturated rings. The molecule has 0 radical (unpaired) electrons. The van der Waals surface area contributed by atoms with Crippen LogP contribution in [0.25, 0.3) is 0 Å². The first-order valence-corrected chi connectivity index (χ1v) is 9.47. The van der Waals surface area contributed by atoms with Crippen molar-refractivity contribution in [3.8, 4) is 0 Å². The van der Waals surface area contributed by atoms with Gasteiger partial charge in [0.2, 0.25) is 0 Å². The minimum absolute atomic E-state index is 0.258. The van der Waals surface area contributed by atoms with Crippen molar-refractivity contribution in [2.24, 2.45) is 34.0 Å². The summed E-state index contributed by atoms with van der Waals surface area (Å²) in [6, 6.07) is 0. The van der Waals surface area contributed by atoms with Crippen molar-refractivity contribution in [2.75, 3.05) is 0 Å². The molecule has 7 atom stereocenters. The van der Waals surface area contributed by atoms with Crippen LogP contribution in [-0.4, -0.2) is 11.7 Å². The highest BCUT2D eigenvalue weighted by molar-refractivity contribution is 5.22. The van der Waals surface area contributed by atoms with E-state index in [1.807, 2.05) is 0 Å². The summed E-state index contributed by atoms with van der Waals surface area (Å²) in [4.78, 5) is 0. The second-order valence-corrected chi connectivity index (χ2v) is 10.6. The second kappa shape index (κ2) is 3.55. The summed E-state index contributed by atoms with van der Waals surface area (Å²) in [5.74, 6) is 2.69. The highest BCUT2D eigenvalue weighted by Gasteiger charge is 2.73. The molecule has 0 aromatic rings. The zero-order chi connectivity index (χ0) is 14.7. The van der Waals surface area contributed by atoms with Crippen LogP contribution in [-0.2, 0) is 4.74 Å².